The maximum atomic E-state index is 11.7. The van der Waals surface area contributed by atoms with Crippen LogP contribution in [-0.2, 0) is 16.6 Å². The van der Waals surface area contributed by atoms with Gasteiger partial charge < -0.3 is 5.32 Å². The number of aromatic nitrogens is 3. The summed E-state index contributed by atoms with van der Waals surface area (Å²) in [5, 5.41) is 9.01. The number of hydrogen-bond donors (Lipinski definition) is 2. The molecule has 2 fully saturated rings. The predicted octanol–water partition coefficient (Wildman–Crippen LogP) is -0.0857. The van der Waals surface area contributed by atoms with Crippen LogP contribution in [0.3, 0.4) is 0 Å². The number of carbonyl (C=O) groups excluding carboxylic acids is 2. The third-order valence-electron chi connectivity index (χ3n) is 4.02. The lowest BCUT2D eigenvalue weighted by atomic mass is 10.2. The van der Waals surface area contributed by atoms with Crippen molar-refractivity contribution in [2.24, 2.45) is 24.8 Å². The molecule has 0 bridgehead atoms. The number of carbonyl (C=O) groups is 2. The van der Waals surface area contributed by atoms with Gasteiger partial charge in [0.1, 0.15) is 6.33 Å². The van der Waals surface area contributed by atoms with Crippen molar-refractivity contribution < 1.29 is 9.59 Å². The topological polar surface area (TPSA) is 88.9 Å². The number of hydrogen-bond acceptors (Lipinski definition) is 4. The molecular formula is C12H17N5O2. The quantitative estimate of drug-likeness (QED) is 0.746. The summed E-state index contributed by atoms with van der Waals surface area (Å²) in [5.74, 6) is 1.07. The van der Waals surface area contributed by atoms with Crippen molar-refractivity contribution in [3.05, 3.63) is 6.33 Å². The first-order valence-electron chi connectivity index (χ1n) is 6.52. The number of nitrogens with one attached hydrogen (secondary N) is 2. The molecule has 0 aromatic carbocycles. The minimum absolute atomic E-state index is 0.174. The van der Waals surface area contributed by atoms with E-state index in [1.54, 1.807) is 7.05 Å². The summed E-state index contributed by atoms with van der Waals surface area (Å²) in [5.41, 5.74) is 0. The molecular weight excluding hydrogens is 246 g/mol. The average molecular weight is 263 g/mol. The molecule has 1 heterocycles. The van der Waals surface area contributed by atoms with Crippen LogP contribution in [0.25, 0.3) is 0 Å². The van der Waals surface area contributed by atoms with Gasteiger partial charge in [0.15, 0.2) is 0 Å². The lowest BCUT2D eigenvalue weighted by molar-refractivity contribution is -0.136. The van der Waals surface area contributed by atoms with E-state index in [0.717, 1.165) is 18.3 Å². The van der Waals surface area contributed by atoms with E-state index in [9.17, 15) is 9.59 Å². The first kappa shape index (κ1) is 12.1. The Morgan fingerprint density at radius 1 is 1.32 bits per heavy atom. The second-order valence-corrected chi connectivity index (χ2v) is 5.52. The van der Waals surface area contributed by atoms with Crippen molar-refractivity contribution in [3.63, 3.8) is 0 Å². The van der Waals surface area contributed by atoms with Crippen LogP contribution in [0, 0.1) is 17.8 Å². The highest BCUT2D eigenvalue weighted by molar-refractivity contribution is 6.39. The van der Waals surface area contributed by atoms with Gasteiger partial charge in [-0.2, -0.15) is 10.1 Å². The fourth-order valence-electron chi connectivity index (χ4n) is 2.60. The molecule has 2 N–H and O–H groups in total. The van der Waals surface area contributed by atoms with E-state index in [0.29, 0.717) is 5.92 Å². The van der Waals surface area contributed by atoms with Gasteiger partial charge in [0, 0.05) is 13.1 Å². The molecule has 7 nitrogen and oxygen atoms in total. The predicted molar refractivity (Wildman–Crippen MR) is 66.9 cm³/mol. The van der Waals surface area contributed by atoms with Crippen LogP contribution in [0.5, 0.6) is 0 Å². The normalized spacial score (nSPS) is 31.7. The third kappa shape index (κ3) is 2.45. The molecule has 0 aliphatic heterocycles. The Morgan fingerprint density at radius 3 is 2.63 bits per heavy atom. The van der Waals surface area contributed by atoms with Crippen LogP contribution < -0.4 is 10.6 Å². The minimum Gasteiger partial charge on any atom is -0.345 e. The van der Waals surface area contributed by atoms with Crippen LogP contribution in [0.2, 0.25) is 0 Å². The molecule has 0 unspecified atom stereocenters. The zero-order valence-corrected chi connectivity index (χ0v) is 11.0. The van der Waals surface area contributed by atoms with Crippen molar-refractivity contribution >= 4 is 17.8 Å². The molecule has 0 saturated heterocycles. The van der Waals surface area contributed by atoms with Crippen LogP contribution in [0.15, 0.2) is 6.33 Å². The summed E-state index contributed by atoms with van der Waals surface area (Å²) >= 11 is 0. The summed E-state index contributed by atoms with van der Waals surface area (Å²) in [6.07, 6.45) is 3.57. The van der Waals surface area contributed by atoms with E-state index < -0.39 is 11.8 Å². The number of nitrogens with zero attached hydrogens (tertiary/aromatic N) is 3. The van der Waals surface area contributed by atoms with E-state index in [4.69, 9.17) is 0 Å². The zero-order valence-electron chi connectivity index (χ0n) is 11.0. The third-order valence-corrected chi connectivity index (χ3v) is 4.02. The van der Waals surface area contributed by atoms with E-state index in [1.165, 1.54) is 17.4 Å². The Labute approximate surface area is 110 Å². The number of rotatable bonds is 3. The first-order chi connectivity index (χ1) is 9.06. The summed E-state index contributed by atoms with van der Waals surface area (Å²) in [4.78, 5) is 27.2. The number of amides is 2. The van der Waals surface area contributed by atoms with E-state index in [-0.39, 0.29) is 12.0 Å². The van der Waals surface area contributed by atoms with E-state index in [1.807, 2.05) is 0 Å². The molecule has 0 radical (unpaired) electrons. The molecule has 2 saturated carbocycles. The van der Waals surface area contributed by atoms with Gasteiger partial charge in [-0.1, -0.05) is 6.92 Å². The maximum Gasteiger partial charge on any atom is 0.316 e. The van der Waals surface area contributed by atoms with E-state index >= 15 is 0 Å². The Balaban J connectivity index is 1.48. The van der Waals surface area contributed by atoms with Crippen LogP contribution >= 0.6 is 0 Å². The molecule has 4 atom stereocenters. The van der Waals surface area contributed by atoms with Gasteiger partial charge in [0.2, 0.25) is 5.95 Å². The highest BCUT2D eigenvalue weighted by atomic mass is 16.2. The Bertz CT molecular complexity index is 526. The number of aryl methyl sites for hydroxylation is 1. The van der Waals surface area contributed by atoms with Crippen molar-refractivity contribution in [2.75, 3.05) is 5.32 Å². The van der Waals surface area contributed by atoms with Gasteiger partial charge in [0.25, 0.3) is 0 Å². The van der Waals surface area contributed by atoms with Crippen molar-refractivity contribution in [1.29, 1.82) is 0 Å². The van der Waals surface area contributed by atoms with Crippen molar-refractivity contribution in [2.45, 2.75) is 25.8 Å². The molecule has 1 aromatic rings. The maximum absolute atomic E-state index is 11.7. The van der Waals surface area contributed by atoms with Gasteiger partial charge in [-0.15, -0.1) is 0 Å². The minimum atomic E-state index is -0.689. The lowest BCUT2D eigenvalue weighted by Crippen LogP contribution is -2.38. The van der Waals surface area contributed by atoms with Crippen molar-refractivity contribution in [3.8, 4) is 0 Å². The van der Waals surface area contributed by atoms with Crippen LogP contribution in [-0.4, -0.2) is 32.6 Å². The average Bonchev–Trinajstić information content (AvgIpc) is 3.23. The summed E-state index contributed by atoms with van der Waals surface area (Å²) in [7, 11) is 1.64. The van der Waals surface area contributed by atoms with Gasteiger partial charge in [0.05, 0.1) is 0 Å². The van der Waals surface area contributed by atoms with Crippen molar-refractivity contribution in [1.82, 2.24) is 20.1 Å². The summed E-state index contributed by atoms with van der Waals surface area (Å²) < 4.78 is 1.40. The van der Waals surface area contributed by atoms with Gasteiger partial charge >= 0.3 is 11.8 Å². The second-order valence-electron chi connectivity index (χ2n) is 5.52. The molecule has 3 rings (SSSR count). The van der Waals surface area contributed by atoms with E-state index in [2.05, 4.69) is 27.6 Å². The number of anilines is 1. The lowest BCUT2D eigenvalue weighted by Gasteiger charge is -2.05. The monoisotopic (exact) mass is 263 g/mol. The Kier molecular flexibility index (Phi) is 2.76. The second kappa shape index (κ2) is 4.32. The Hall–Kier alpha value is -1.92. The molecule has 1 aromatic heterocycles. The first-order valence-corrected chi connectivity index (χ1v) is 6.52. The standard InChI is InChI=1S/C12H17N5O2/c1-6-3-7(6)8-4-9(8)15-10(18)11(19)16-12-13-5-14-17(12)2/h5-9H,3-4H2,1-2H3,(H,15,18)(H,13,14,16,19)/t6-,7-,8+,9-/m1/s1. The largest absolute Gasteiger partial charge is 0.345 e. The van der Waals surface area contributed by atoms with Gasteiger partial charge in [-0.05, 0) is 30.6 Å². The summed E-state index contributed by atoms with van der Waals surface area (Å²) in [6.45, 7) is 2.22. The SMILES string of the molecule is C[C@@H]1C[C@H]1[C@@H]1C[C@H]1NC(=O)C(=O)Nc1ncnn1C. The molecule has 102 valence electrons. The molecule has 2 aliphatic carbocycles. The molecule has 2 amide bonds. The van der Waals surface area contributed by atoms with Gasteiger partial charge in [-0.25, -0.2) is 4.68 Å². The van der Waals surface area contributed by atoms with Gasteiger partial charge in [-0.3, -0.25) is 14.9 Å². The molecule has 7 heteroatoms. The molecule has 19 heavy (non-hydrogen) atoms. The summed E-state index contributed by atoms with van der Waals surface area (Å²) in [6, 6.07) is 0.174. The highest BCUT2D eigenvalue weighted by Crippen LogP contribution is 2.54. The fraction of sp³-hybridized carbons (Fsp3) is 0.667. The zero-order chi connectivity index (χ0) is 13.6. The molecule has 2 aliphatic rings. The van der Waals surface area contributed by atoms with Crippen LogP contribution in [0.1, 0.15) is 19.8 Å². The van der Waals surface area contributed by atoms with Crippen LogP contribution in [0.4, 0.5) is 5.95 Å². The highest BCUT2D eigenvalue weighted by Gasteiger charge is 2.52. The molecule has 0 spiro atoms. The Morgan fingerprint density at radius 2 is 2.05 bits per heavy atom. The smallest absolute Gasteiger partial charge is 0.316 e. The fourth-order valence-corrected chi connectivity index (χ4v) is 2.60.